The van der Waals surface area contributed by atoms with Gasteiger partial charge in [0.05, 0.1) is 17.8 Å². The summed E-state index contributed by atoms with van der Waals surface area (Å²) in [5.41, 5.74) is 1.21. The highest BCUT2D eigenvalue weighted by Gasteiger charge is 2.16. The molecule has 0 amide bonds. The van der Waals surface area contributed by atoms with Crippen LogP contribution in [0.5, 0.6) is 11.6 Å². The second-order valence-electron chi connectivity index (χ2n) is 8.67. The molecule has 0 aliphatic carbocycles. The van der Waals surface area contributed by atoms with Crippen LogP contribution in [0.4, 0.5) is 5.69 Å². The fraction of sp³-hybridized carbons (Fsp3) is 0.192. The number of aromatic nitrogens is 4. The Hall–Kier alpha value is -4.93. The molecule has 0 saturated carbocycles. The average molecular weight is 503 g/mol. The number of rotatable bonds is 7. The number of nitrogens with two attached hydrogens (primary N) is 1. The predicted molar refractivity (Wildman–Crippen MR) is 137 cm³/mol. The molecule has 0 fully saturated rings. The van der Waals surface area contributed by atoms with Crippen LogP contribution in [-0.4, -0.2) is 29.9 Å². The van der Waals surface area contributed by atoms with Crippen LogP contribution in [0, 0.1) is 6.92 Å². The van der Waals surface area contributed by atoms with Gasteiger partial charge in [-0.3, -0.25) is 4.57 Å². The molecule has 4 rings (SSSR count). The minimum atomic E-state index is -1.08. The molecule has 11 heteroatoms. The summed E-state index contributed by atoms with van der Waals surface area (Å²) >= 11 is 0. The third-order valence-electron chi connectivity index (χ3n) is 5.56. The molecule has 0 atom stereocenters. The van der Waals surface area contributed by atoms with Crippen molar-refractivity contribution in [3.63, 3.8) is 0 Å². The normalized spacial score (nSPS) is 11.6. The van der Waals surface area contributed by atoms with Crippen molar-refractivity contribution in [2.45, 2.75) is 33.4 Å². The van der Waals surface area contributed by atoms with E-state index in [0.29, 0.717) is 11.4 Å². The number of ether oxygens (including phenoxy) is 1. The van der Waals surface area contributed by atoms with Gasteiger partial charge in [0, 0.05) is 18.3 Å². The molecule has 3 N–H and O–H groups in total. The van der Waals surface area contributed by atoms with E-state index >= 15 is 0 Å². The van der Waals surface area contributed by atoms with Gasteiger partial charge in [-0.25, -0.2) is 28.9 Å². The van der Waals surface area contributed by atoms with Gasteiger partial charge in [-0.2, -0.15) is 4.68 Å². The molecule has 0 spiro atoms. The van der Waals surface area contributed by atoms with Gasteiger partial charge in [0.25, 0.3) is 0 Å². The molecule has 0 bridgehead atoms. The molecule has 2 heterocycles. The summed E-state index contributed by atoms with van der Waals surface area (Å²) < 4.78 is 8.98. The minimum absolute atomic E-state index is 0.00734. The van der Waals surface area contributed by atoms with E-state index < -0.39 is 23.4 Å². The Bertz CT molecular complexity index is 1610. The van der Waals surface area contributed by atoms with E-state index in [1.165, 1.54) is 22.9 Å². The van der Waals surface area contributed by atoms with Gasteiger partial charge in [-0.05, 0) is 56.7 Å². The van der Waals surface area contributed by atoms with Crippen molar-refractivity contribution in [2.75, 3.05) is 5.84 Å². The van der Waals surface area contributed by atoms with E-state index in [9.17, 15) is 14.4 Å². The van der Waals surface area contributed by atoms with E-state index in [1.807, 2.05) is 31.2 Å². The quantitative estimate of drug-likeness (QED) is 0.369. The van der Waals surface area contributed by atoms with Crippen LogP contribution < -0.4 is 27.6 Å². The maximum absolute atomic E-state index is 13.3. The standard InChI is InChI=1S/C26H26N6O5/c1-16(2)31-25(35)30(15-18-6-4-17(3)5-7-18)24(32(27)26(31)36)29-20-9-11-21(12-10-20)37-22-13-8-19(14-28-22)23(33)34/h4-14,16H,15,27H2,1-3H3,(H,33,34). The largest absolute Gasteiger partial charge is 0.478 e. The van der Waals surface area contributed by atoms with Gasteiger partial charge in [0.15, 0.2) is 0 Å². The molecule has 0 aliphatic heterocycles. The monoisotopic (exact) mass is 502 g/mol. The fourth-order valence-corrected chi connectivity index (χ4v) is 3.59. The second kappa shape index (κ2) is 10.4. The van der Waals surface area contributed by atoms with Crippen molar-refractivity contribution in [1.29, 1.82) is 0 Å². The lowest BCUT2D eigenvalue weighted by atomic mass is 10.1. The number of nitrogen functional groups attached to an aromatic ring is 1. The number of carboxylic acids is 1. The van der Waals surface area contributed by atoms with Gasteiger partial charge < -0.3 is 15.7 Å². The van der Waals surface area contributed by atoms with Crippen LogP contribution in [-0.2, 0) is 6.54 Å². The first-order valence-electron chi connectivity index (χ1n) is 11.4. The van der Waals surface area contributed by atoms with Crippen LogP contribution in [0.3, 0.4) is 0 Å². The Kier molecular flexibility index (Phi) is 7.05. The molecule has 0 aliphatic rings. The molecule has 4 aromatic rings. The topological polar surface area (TPSA) is 147 Å². The Morgan fingerprint density at radius 1 is 1.03 bits per heavy atom. The summed E-state index contributed by atoms with van der Waals surface area (Å²) in [7, 11) is 0. The zero-order chi connectivity index (χ0) is 26.7. The lowest BCUT2D eigenvalue weighted by Crippen LogP contribution is -2.58. The molecule has 2 aromatic carbocycles. The molecule has 0 saturated heterocycles. The highest BCUT2D eigenvalue weighted by atomic mass is 16.5. The van der Waals surface area contributed by atoms with Gasteiger partial charge >= 0.3 is 17.3 Å². The average Bonchev–Trinajstić information content (AvgIpc) is 2.87. The van der Waals surface area contributed by atoms with Crippen molar-refractivity contribution in [3.8, 4) is 11.6 Å². The SMILES string of the molecule is Cc1ccc(Cn2c(=Nc3ccc(Oc4ccc(C(=O)O)cn4)cc3)n(N)c(=O)n(C(C)C)c2=O)cc1. The molecular weight excluding hydrogens is 476 g/mol. The van der Waals surface area contributed by atoms with E-state index in [4.69, 9.17) is 15.7 Å². The summed E-state index contributed by atoms with van der Waals surface area (Å²) in [6.45, 7) is 5.61. The van der Waals surface area contributed by atoms with Gasteiger partial charge in [-0.1, -0.05) is 29.8 Å². The first-order chi connectivity index (χ1) is 17.6. The number of carbonyl (C=O) groups is 1. The summed E-state index contributed by atoms with van der Waals surface area (Å²) in [4.78, 5) is 45.7. The van der Waals surface area contributed by atoms with Gasteiger partial charge in [-0.15, -0.1) is 0 Å². The summed E-state index contributed by atoms with van der Waals surface area (Å²) in [5.74, 6) is 5.71. The summed E-state index contributed by atoms with van der Waals surface area (Å²) in [6, 6.07) is 16.7. The van der Waals surface area contributed by atoms with Crippen molar-refractivity contribution in [1.82, 2.24) is 18.8 Å². The first-order valence-corrected chi connectivity index (χ1v) is 11.4. The number of hydrogen-bond acceptors (Lipinski definition) is 7. The number of benzene rings is 2. The van der Waals surface area contributed by atoms with Crippen molar-refractivity contribution >= 4 is 11.7 Å². The number of hydrogen-bond donors (Lipinski definition) is 2. The molecule has 11 nitrogen and oxygen atoms in total. The minimum Gasteiger partial charge on any atom is -0.478 e. The highest BCUT2D eigenvalue weighted by molar-refractivity contribution is 5.87. The van der Waals surface area contributed by atoms with E-state index in [0.717, 1.165) is 20.4 Å². The molecule has 190 valence electrons. The molecule has 37 heavy (non-hydrogen) atoms. The molecule has 0 unspecified atom stereocenters. The van der Waals surface area contributed by atoms with Crippen LogP contribution in [0.15, 0.2) is 81.4 Å². The zero-order valence-corrected chi connectivity index (χ0v) is 20.5. The maximum atomic E-state index is 13.3. The molecule has 2 aromatic heterocycles. The number of aryl methyl sites for hydroxylation is 1. The lowest BCUT2D eigenvalue weighted by molar-refractivity contribution is 0.0696. The van der Waals surface area contributed by atoms with Crippen LogP contribution in [0.1, 0.15) is 41.4 Å². The summed E-state index contributed by atoms with van der Waals surface area (Å²) in [6.07, 6.45) is 1.20. The Labute approximate surface area is 211 Å². The lowest BCUT2D eigenvalue weighted by Gasteiger charge is -2.16. The number of nitrogens with zero attached hydrogens (tertiary/aromatic N) is 5. The smallest absolute Gasteiger partial charge is 0.353 e. The fourth-order valence-electron chi connectivity index (χ4n) is 3.59. The van der Waals surface area contributed by atoms with Crippen molar-refractivity contribution in [3.05, 3.63) is 110 Å². The van der Waals surface area contributed by atoms with Crippen LogP contribution in [0.25, 0.3) is 0 Å². The predicted octanol–water partition coefficient (Wildman–Crippen LogP) is 2.58. The number of pyridine rings is 1. The Balaban J connectivity index is 1.73. The van der Waals surface area contributed by atoms with Crippen molar-refractivity contribution < 1.29 is 14.6 Å². The van der Waals surface area contributed by atoms with Gasteiger partial charge in [0.1, 0.15) is 5.75 Å². The third-order valence-corrected chi connectivity index (χ3v) is 5.56. The maximum Gasteiger partial charge on any atom is 0.353 e. The second-order valence-corrected chi connectivity index (χ2v) is 8.67. The van der Waals surface area contributed by atoms with Crippen LogP contribution >= 0.6 is 0 Å². The highest BCUT2D eigenvalue weighted by Crippen LogP contribution is 2.22. The molecular formula is C26H26N6O5. The van der Waals surface area contributed by atoms with Crippen LogP contribution in [0.2, 0.25) is 0 Å². The Morgan fingerprint density at radius 2 is 1.70 bits per heavy atom. The van der Waals surface area contributed by atoms with E-state index in [1.54, 1.807) is 38.1 Å². The van der Waals surface area contributed by atoms with Crippen molar-refractivity contribution in [2.24, 2.45) is 4.99 Å². The number of aromatic carboxylic acids is 1. The van der Waals surface area contributed by atoms with E-state index in [-0.39, 0.29) is 23.6 Å². The third kappa shape index (κ3) is 5.50. The van der Waals surface area contributed by atoms with E-state index in [2.05, 4.69) is 9.98 Å². The first kappa shape index (κ1) is 25.2. The molecule has 0 radical (unpaired) electrons. The Morgan fingerprint density at radius 3 is 2.27 bits per heavy atom. The zero-order valence-electron chi connectivity index (χ0n) is 20.5. The van der Waals surface area contributed by atoms with Gasteiger partial charge in [0.2, 0.25) is 11.5 Å². The summed E-state index contributed by atoms with van der Waals surface area (Å²) in [5, 5.41) is 8.98. The number of carboxylic acid groups (broad SMARTS) is 1.